The monoisotopic (exact) mass is 220 g/mol. The molecule has 0 unspecified atom stereocenters. The summed E-state index contributed by atoms with van der Waals surface area (Å²) in [6.07, 6.45) is 0.975. The predicted octanol–water partition coefficient (Wildman–Crippen LogP) is 2.04. The largest absolute Gasteiger partial charge is 0.363 e. The van der Waals surface area contributed by atoms with Crippen LogP contribution >= 0.6 is 0 Å². The van der Waals surface area contributed by atoms with Crippen molar-refractivity contribution in [3.05, 3.63) is 30.3 Å². The lowest BCUT2D eigenvalue weighted by Crippen LogP contribution is -2.37. The maximum atomic E-state index is 11.6. The maximum Gasteiger partial charge on any atom is 0.239 e. The molecular formula is C13H20N2O. The number of carbonyl (C=O) groups is 1. The molecule has 16 heavy (non-hydrogen) atoms. The van der Waals surface area contributed by atoms with Crippen LogP contribution in [0.5, 0.6) is 0 Å². The number of carbonyl (C=O) groups excluding carboxylic acids is 1. The van der Waals surface area contributed by atoms with Gasteiger partial charge in [-0.05, 0) is 25.5 Å². The second kappa shape index (κ2) is 6.88. The zero-order chi connectivity index (χ0) is 11.8. The van der Waals surface area contributed by atoms with Crippen molar-refractivity contribution in [3.63, 3.8) is 0 Å². The van der Waals surface area contributed by atoms with Gasteiger partial charge in [0.2, 0.25) is 5.91 Å². The fourth-order valence-electron chi connectivity index (χ4n) is 1.52. The summed E-state index contributed by atoms with van der Waals surface area (Å²) in [6, 6.07) is 10.0. The van der Waals surface area contributed by atoms with Crippen LogP contribution in [-0.2, 0) is 4.79 Å². The quantitative estimate of drug-likeness (QED) is 0.795. The number of likely N-dealkylation sites (N-methyl/N-ethyl adjacent to an activating group) is 1. The van der Waals surface area contributed by atoms with Gasteiger partial charge < -0.3 is 10.2 Å². The van der Waals surface area contributed by atoms with Gasteiger partial charge in [0, 0.05) is 18.8 Å². The van der Waals surface area contributed by atoms with Gasteiger partial charge in [0.15, 0.2) is 0 Å². The molecule has 0 aromatic heterocycles. The number of hydrogen-bond donors (Lipinski definition) is 1. The number of rotatable bonds is 6. The summed E-state index contributed by atoms with van der Waals surface area (Å²) < 4.78 is 0. The smallest absolute Gasteiger partial charge is 0.239 e. The molecular weight excluding hydrogens is 200 g/mol. The van der Waals surface area contributed by atoms with Crippen LogP contribution in [0.25, 0.3) is 0 Å². The minimum absolute atomic E-state index is 0.0903. The average molecular weight is 220 g/mol. The van der Waals surface area contributed by atoms with Crippen molar-refractivity contribution in [2.24, 2.45) is 0 Å². The molecule has 0 atom stereocenters. The SMILES string of the molecule is CCCNC(=O)CN(CC)c1ccccc1. The van der Waals surface area contributed by atoms with E-state index in [9.17, 15) is 4.79 Å². The van der Waals surface area contributed by atoms with Crippen LogP contribution in [-0.4, -0.2) is 25.5 Å². The van der Waals surface area contributed by atoms with E-state index in [1.165, 1.54) is 0 Å². The van der Waals surface area contributed by atoms with Gasteiger partial charge in [-0.15, -0.1) is 0 Å². The van der Waals surface area contributed by atoms with Gasteiger partial charge >= 0.3 is 0 Å². The molecule has 0 aliphatic carbocycles. The van der Waals surface area contributed by atoms with Crippen LogP contribution in [0.4, 0.5) is 5.69 Å². The summed E-state index contributed by atoms with van der Waals surface area (Å²) in [5.41, 5.74) is 1.09. The zero-order valence-electron chi connectivity index (χ0n) is 10.1. The number of nitrogens with one attached hydrogen (secondary N) is 1. The Hall–Kier alpha value is -1.51. The molecule has 0 heterocycles. The molecule has 1 amide bonds. The second-order valence-electron chi connectivity index (χ2n) is 3.70. The highest BCUT2D eigenvalue weighted by molar-refractivity contribution is 5.81. The summed E-state index contributed by atoms with van der Waals surface area (Å²) >= 11 is 0. The van der Waals surface area contributed by atoms with Crippen LogP contribution in [0.1, 0.15) is 20.3 Å². The molecule has 1 N–H and O–H groups in total. The maximum absolute atomic E-state index is 11.6. The summed E-state index contributed by atoms with van der Waals surface area (Å²) in [7, 11) is 0. The van der Waals surface area contributed by atoms with Gasteiger partial charge in [-0.25, -0.2) is 0 Å². The van der Waals surface area contributed by atoms with Gasteiger partial charge in [0.25, 0.3) is 0 Å². The summed E-state index contributed by atoms with van der Waals surface area (Å²) in [6.45, 7) is 6.13. The molecule has 88 valence electrons. The fourth-order valence-corrected chi connectivity index (χ4v) is 1.52. The van der Waals surface area contributed by atoms with Crippen LogP contribution in [0.15, 0.2) is 30.3 Å². The van der Waals surface area contributed by atoms with Crippen molar-refractivity contribution >= 4 is 11.6 Å². The Balaban J connectivity index is 2.52. The zero-order valence-corrected chi connectivity index (χ0v) is 10.1. The number of amides is 1. The number of benzene rings is 1. The van der Waals surface area contributed by atoms with Gasteiger partial charge in [0.05, 0.1) is 6.54 Å². The fraction of sp³-hybridized carbons (Fsp3) is 0.462. The minimum atomic E-state index is 0.0903. The first-order valence-corrected chi connectivity index (χ1v) is 5.84. The molecule has 0 saturated carbocycles. The Morgan fingerprint density at radius 2 is 1.94 bits per heavy atom. The van der Waals surface area contributed by atoms with Gasteiger partial charge in [0.1, 0.15) is 0 Å². The molecule has 0 aliphatic rings. The lowest BCUT2D eigenvalue weighted by Gasteiger charge is -2.22. The molecule has 3 nitrogen and oxygen atoms in total. The summed E-state index contributed by atoms with van der Waals surface area (Å²) in [5, 5.41) is 2.89. The summed E-state index contributed by atoms with van der Waals surface area (Å²) in [5.74, 6) is 0.0903. The van der Waals surface area contributed by atoms with E-state index >= 15 is 0 Å². The Morgan fingerprint density at radius 1 is 1.25 bits per heavy atom. The number of para-hydroxylation sites is 1. The summed E-state index contributed by atoms with van der Waals surface area (Å²) in [4.78, 5) is 13.7. The normalized spacial score (nSPS) is 9.88. The van der Waals surface area contributed by atoms with E-state index in [4.69, 9.17) is 0 Å². The highest BCUT2D eigenvalue weighted by Gasteiger charge is 2.08. The van der Waals surface area contributed by atoms with E-state index in [-0.39, 0.29) is 5.91 Å². The van der Waals surface area contributed by atoms with E-state index in [0.29, 0.717) is 6.54 Å². The molecule has 0 spiro atoms. The highest BCUT2D eigenvalue weighted by Crippen LogP contribution is 2.11. The molecule has 0 aliphatic heterocycles. The van der Waals surface area contributed by atoms with Crippen LogP contribution < -0.4 is 10.2 Å². The van der Waals surface area contributed by atoms with Crippen molar-refractivity contribution < 1.29 is 4.79 Å². The van der Waals surface area contributed by atoms with Crippen LogP contribution in [0.2, 0.25) is 0 Å². The molecule has 0 bridgehead atoms. The van der Waals surface area contributed by atoms with E-state index in [2.05, 4.69) is 24.1 Å². The molecule has 1 rings (SSSR count). The minimum Gasteiger partial charge on any atom is -0.363 e. The predicted molar refractivity (Wildman–Crippen MR) is 67.6 cm³/mol. The topological polar surface area (TPSA) is 32.3 Å². The molecule has 1 aromatic rings. The Labute approximate surface area is 97.5 Å². The standard InChI is InChI=1S/C13H20N2O/c1-3-10-14-13(16)11-15(4-2)12-8-6-5-7-9-12/h5-9H,3-4,10-11H2,1-2H3,(H,14,16). The Morgan fingerprint density at radius 3 is 2.50 bits per heavy atom. The molecule has 0 saturated heterocycles. The van der Waals surface area contributed by atoms with E-state index in [1.807, 2.05) is 30.3 Å². The lowest BCUT2D eigenvalue weighted by molar-refractivity contribution is -0.119. The van der Waals surface area contributed by atoms with Crippen molar-refractivity contribution in [2.75, 3.05) is 24.5 Å². The van der Waals surface area contributed by atoms with Crippen molar-refractivity contribution in [1.82, 2.24) is 5.32 Å². The third-order valence-corrected chi connectivity index (χ3v) is 2.41. The lowest BCUT2D eigenvalue weighted by atomic mass is 10.3. The van der Waals surface area contributed by atoms with Crippen LogP contribution in [0.3, 0.4) is 0 Å². The Kier molecular flexibility index (Phi) is 5.40. The van der Waals surface area contributed by atoms with E-state index < -0.39 is 0 Å². The van der Waals surface area contributed by atoms with Crippen LogP contribution in [0, 0.1) is 0 Å². The average Bonchev–Trinajstić information content (AvgIpc) is 2.34. The number of hydrogen-bond acceptors (Lipinski definition) is 2. The van der Waals surface area contributed by atoms with Crippen molar-refractivity contribution in [1.29, 1.82) is 0 Å². The number of nitrogens with zero attached hydrogens (tertiary/aromatic N) is 1. The first-order chi connectivity index (χ1) is 7.77. The molecule has 0 radical (unpaired) electrons. The first-order valence-electron chi connectivity index (χ1n) is 5.84. The third-order valence-electron chi connectivity index (χ3n) is 2.41. The first kappa shape index (κ1) is 12.6. The van der Waals surface area contributed by atoms with E-state index in [0.717, 1.165) is 25.2 Å². The highest BCUT2D eigenvalue weighted by atomic mass is 16.2. The van der Waals surface area contributed by atoms with Crippen molar-refractivity contribution in [2.45, 2.75) is 20.3 Å². The van der Waals surface area contributed by atoms with Crippen molar-refractivity contribution in [3.8, 4) is 0 Å². The molecule has 0 fully saturated rings. The van der Waals surface area contributed by atoms with Gasteiger partial charge in [-0.3, -0.25) is 4.79 Å². The number of anilines is 1. The van der Waals surface area contributed by atoms with Gasteiger partial charge in [-0.1, -0.05) is 25.1 Å². The molecule has 1 aromatic carbocycles. The molecule has 3 heteroatoms. The third kappa shape index (κ3) is 3.93. The Bertz CT molecular complexity index is 311. The second-order valence-corrected chi connectivity index (χ2v) is 3.70. The van der Waals surface area contributed by atoms with E-state index in [1.54, 1.807) is 0 Å². The van der Waals surface area contributed by atoms with Gasteiger partial charge in [-0.2, -0.15) is 0 Å².